The predicted octanol–water partition coefficient (Wildman–Crippen LogP) is 2.97. The highest BCUT2D eigenvalue weighted by molar-refractivity contribution is 6.28. The SMILES string of the molecule is Cc1cccc(CCNc2nc(Cl)nc3[nH]ncc23)c1. The first-order valence-corrected chi connectivity index (χ1v) is 6.76. The molecule has 3 rings (SSSR count). The van der Waals surface area contributed by atoms with Gasteiger partial charge in [0.15, 0.2) is 5.65 Å². The molecular weight excluding hydrogens is 274 g/mol. The van der Waals surface area contributed by atoms with Crippen LogP contribution in [0.25, 0.3) is 11.0 Å². The second-order valence-electron chi connectivity index (χ2n) is 4.64. The molecule has 0 saturated heterocycles. The lowest BCUT2D eigenvalue weighted by Gasteiger charge is -2.07. The molecule has 5 nitrogen and oxygen atoms in total. The topological polar surface area (TPSA) is 66.5 Å². The van der Waals surface area contributed by atoms with Crippen molar-refractivity contribution in [1.82, 2.24) is 20.2 Å². The summed E-state index contributed by atoms with van der Waals surface area (Å²) in [4.78, 5) is 8.28. The third kappa shape index (κ3) is 2.72. The highest BCUT2D eigenvalue weighted by Crippen LogP contribution is 2.19. The molecule has 20 heavy (non-hydrogen) atoms. The first-order valence-electron chi connectivity index (χ1n) is 6.38. The predicted molar refractivity (Wildman–Crippen MR) is 80.1 cm³/mol. The molecule has 0 aliphatic carbocycles. The summed E-state index contributed by atoms with van der Waals surface area (Å²) in [6.07, 6.45) is 2.61. The van der Waals surface area contributed by atoms with Gasteiger partial charge in [-0.15, -0.1) is 0 Å². The average Bonchev–Trinajstić information content (AvgIpc) is 2.87. The van der Waals surface area contributed by atoms with E-state index in [1.54, 1.807) is 6.20 Å². The molecule has 0 aliphatic heterocycles. The third-order valence-electron chi connectivity index (χ3n) is 3.07. The molecule has 0 unspecified atom stereocenters. The van der Waals surface area contributed by atoms with Crippen molar-refractivity contribution in [2.75, 3.05) is 11.9 Å². The van der Waals surface area contributed by atoms with Gasteiger partial charge in [0.2, 0.25) is 5.28 Å². The Kier molecular flexibility index (Phi) is 3.52. The largest absolute Gasteiger partial charge is 0.369 e. The zero-order chi connectivity index (χ0) is 13.9. The van der Waals surface area contributed by atoms with E-state index in [-0.39, 0.29) is 5.28 Å². The highest BCUT2D eigenvalue weighted by atomic mass is 35.5. The van der Waals surface area contributed by atoms with Gasteiger partial charge in [-0.3, -0.25) is 5.10 Å². The first kappa shape index (κ1) is 12.9. The lowest BCUT2D eigenvalue weighted by molar-refractivity contribution is 1.00. The number of aromatic amines is 1. The van der Waals surface area contributed by atoms with Gasteiger partial charge in [-0.05, 0) is 30.5 Å². The molecule has 0 radical (unpaired) electrons. The van der Waals surface area contributed by atoms with E-state index in [4.69, 9.17) is 11.6 Å². The van der Waals surface area contributed by atoms with Crippen LogP contribution in [-0.4, -0.2) is 26.7 Å². The number of halogens is 1. The Morgan fingerprint density at radius 2 is 2.20 bits per heavy atom. The molecule has 0 spiro atoms. The lowest BCUT2D eigenvalue weighted by atomic mass is 10.1. The Bertz CT molecular complexity index is 737. The van der Waals surface area contributed by atoms with E-state index in [2.05, 4.69) is 56.7 Å². The van der Waals surface area contributed by atoms with Crippen LogP contribution < -0.4 is 5.32 Å². The van der Waals surface area contributed by atoms with E-state index < -0.39 is 0 Å². The molecule has 3 aromatic rings. The average molecular weight is 288 g/mol. The summed E-state index contributed by atoms with van der Waals surface area (Å²) in [6.45, 7) is 2.87. The molecule has 1 aromatic carbocycles. The third-order valence-corrected chi connectivity index (χ3v) is 3.24. The number of anilines is 1. The molecule has 0 atom stereocenters. The lowest BCUT2D eigenvalue weighted by Crippen LogP contribution is -2.07. The number of aromatic nitrogens is 4. The van der Waals surface area contributed by atoms with E-state index in [1.165, 1.54) is 11.1 Å². The Balaban J connectivity index is 1.72. The molecule has 102 valence electrons. The molecule has 0 saturated carbocycles. The maximum Gasteiger partial charge on any atom is 0.226 e. The van der Waals surface area contributed by atoms with Gasteiger partial charge in [0.25, 0.3) is 0 Å². The van der Waals surface area contributed by atoms with Gasteiger partial charge in [0.05, 0.1) is 11.6 Å². The number of nitrogens with one attached hydrogen (secondary N) is 2. The number of rotatable bonds is 4. The van der Waals surface area contributed by atoms with Crippen LogP contribution in [0, 0.1) is 6.92 Å². The van der Waals surface area contributed by atoms with Crippen LogP contribution in [-0.2, 0) is 6.42 Å². The normalized spacial score (nSPS) is 10.9. The molecule has 2 N–H and O–H groups in total. The van der Waals surface area contributed by atoms with Gasteiger partial charge < -0.3 is 5.32 Å². The van der Waals surface area contributed by atoms with Crippen LogP contribution in [0.15, 0.2) is 30.5 Å². The standard InChI is InChI=1S/C14H14ClN5/c1-9-3-2-4-10(7-9)5-6-16-12-11-8-17-20-13(11)19-14(15)18-12/h2-4,7-8H,5-6H2,1H3,(H2,16,17,18,19,20). The van der Waals surface area contributed by atoms with Gasteiger partial charge in [-0.2, -0.15) is 15.1 Å². The van der Waals surface area contributed by atoms with Gasteiger partial charge in [-0.25, -0.2) is 0 Å². The molecule has 0 amide bonds. The van der Waals surface area contributed by atoms with Crippen LogP contribution in [0.2, 0.25) is 5.28 Å². The Morgan fingerprint density at radius 3 is 3.05 bits per heavy atom. The Labute approximate surface area is 121 Å². The number of hydrogen-bond donors (Lipinski definition) is 2. The fourth-order valence-corrected chi connectivity index (χ4v) is 2.30. The van der Waals surface area contributed by atoms with E-state index in [1.807, 2.05) is 0 Å². The number of aryl methyl sites for hydroxylation is 1. The van der Waals surface area contributed by atoms with E-state index in [0.29, 0.717) is 11.5 Å². The zero-order valence-corrected chi connectivity index (χ0v) is 11.8. The van der Waals surface area contributed by atoms with Crippen molar-refractivity contribution in [3.05, 3.63) is 46.9 Å². The minimum atomic E-state index is 0.208. The summed E-state index contributed by atoms with van der Waals surface area (Å²) in [5, 5.41) is 11.1. The molecule has 2 heterocycles. The quantitative estimate of drug-likeness (QED) is 0.724. The Hall–Kier alpha value is -2.14. The first-order chi connectivity index (χ1) is 9.72. The highest BCUT2D eigenvalue weighted by Gasteiger charge is 2.07. The zero-order valence-electron chi connectivity index (χ0n) is 11.0. The minimum Gasteiger partial charge on any atom is -0.369 e. The number of hydrogen-bond acceptors (Lipinski definition) is 4. The summed E-state index contributed by atoms with van der Waals surface area (Å²) in [7, 11) is 0. The number of H-pyrrole nitrogens is 1. The van der Waals surface area contributed by atoms with Gasteiger partial charge in [0.1, 0.15) is 5.82 Å². The van der Waals surface area contributed by atoms with Crippen LogP contribution in [0.4, 0.5) is 5.82 Å². The van der Waals surface area contributed by atoms with E-state index >= 15 is 0 Å². The van der Waals surface area contributed by atoms with Gasteiger partial charge in [0, 0.05) is 6.54 Å². The fraction of sp³-hybridized carbons (Fsp3) is 0.214. The summed E-state index contributed by atoms with van der Waals surface area (Å²) in [6, 6.07) is 8.47. The summed E-state index contributed by atoms with van der Waals surface area (Å²) < 4.78 is 0. The van der Waals surface area contributed by atoms with Gasteiger partial charge >= 0.3 is 0 Å². The van der Waals surface area contributed by atoms with Crippen molar-refractivity contribution in [1.29, 1.82) is 0 Å². The van der Waals surface area contributed by atoms with Crippen LogP contribution in [0.3, 0.4) is 0 Å². The van der Waals surface area contributed by atoms with E-state index in [9.17, 15) is 0 Å². The number of benzene rings is 1. The maximum atomic E-state index is 5.89. The molecule has 0 fully saturated rings. The van der Waals surface area contributed by atoms with E-state index in [0.717, 1.165) is 18.4 Å². The maximum absolute atomic E-state index is 5.89. The van der Waals surface area contributed by atoms with Crippen molar-refractivity contribution < 1.29 is 0 Å². The number of nitrogens with zero attached hydrogens (tertiary/aromatic N) is 3. The number of fused-ring (bicyclic) bond motifs is 1. The molecule has 0 aliphatic rings. The fourth-order valence-electron chi connectivity index (χ4n) is 2.14. The minimum absolute atomic E-state index is 0.208. The summed E-state index contributed by atoms with van der Waals surface area (Å²) in [5.41, 5.74) is 3.20. The van der Waals surface area contributed by atoms with Crippen LogP contribution in [0.1, 0.15) is 11.1 Å². The van der Waals surface area contributed by atoms with Crippen molar-refractivity contribution in [2.24, 2.45) is 0 Å². The van der Waals surface area contributed by atoms with Gasteiger partial charge in [-0.1, -0.05) is 29.8 Å². The van der Waals surface area contributed by atoms with Crippen LogP contribution in [0.5, 0.6) is 0 Å². The monoisotopic (exact) mass is 287 g/mol. The summed E-state index contributed by atoms with van der Waals surface area (Å²) in [5.74, 6) is 0.710. The van der Waals surface area contributed by atoms with Crippen molar-refractivity contribution in [3.63, 3.8) is 0 Å². The summed E-state index contributed by atoms with van der Waals surface area (Å²) >= 11 is 5.89. The van der Waals surface area contributed by atoms with Crippen LogP contribution >= 0.6 is 11.6 Å². The molecule has 0 bridgehead atoms. The Morgan fingerprint density at radius 1 is 1.30 bits per heavy atom. The van der Waals surface area contributed by atoms with Crippen molar-refractivity contribution >= 4 is 28.5 Å². The smallest absolute Gasteiger partial charge is 0.226 e. The second kappa shape index (κ2) is 5.46. The molecular formula is C14H14ClN5. The second-order valence-corrected chi connectivity index (χ2v) is 4.98. The van der Waals surface area contributed by atoms with Crippen molar-refractivity contribution in [3.8, 4) is 0 Å². The molecule has 6 heteroatoms. The molecule has 2 aromatic heterocycles. The van der Waals surface area contributed by atoms with Crippen molar-refractivity contribution in [2.45, 2.75) is 13.3 Å².